The van der Waals surface area contributed by atoms with E-state index in [1.54, 1.807) is 17.3 Å². The highest BCUT2D eigenvalue weighted by Gasteiger charge is 2.20. The zero-order valence-corrected chi connectivity index (χ0v) is 15.3. The highest BCUT2D eigenvalue weighted by atomic mass is 15.4. The Balaban J connectivity index is 1.43. The van der Waals surface area contributed by atoms with Gasteiger partial charge in [-0.2, -0.15) is 10.2 Å². The van der Waals surface area contributed by atoms with Gasteiger partial charge >= 0.3 is 0 Å². The Kier molecular flexibility index (Phi) is 5.08. The normalized spacial score (nSPS) is 16.8. The molecule has 0 saturated carbocycles. The Labute approximate surface area is 157 Å². The molecule has 140 valence electrons. The zero-order chi connectivity index (χ0) is 18.5. The SMILES string of the molecule is CCNC(=NCc1cccc(-n2cncn2)c1)NC1CCc2ncnn2C1. The van der Waals surface area contributed by atoms with Crippen LogP contribution >= 0.6 is 0 Å². The Hall–Kier alpha value is -3.23. The van der Waals surface area contributed by atoms with Crippen molar-refractivity contribution in [2.75, 3.05) is 6.54 Å². The number of aryl methyl sites for hydroxylation is 1. The van der Waals surface area contributed by atoms with Crippen LogP contribution in [0.15, 0.2) is 48.2 Å². The first-order valence-electron chi connectivity index (χ1n) is 9.17. The van der Waals surface area contributed by atoms with E-state index in [1.807, 2.05) is 16.8 Å². The maximum absolute atomic E-state index is 4.75. The summed E-state index contributed by atoms with van der Waals surface area (Å²) in [6, 6.07) is 8.44. The molecule has 9 nitrogen and oxygen atoms in total. The second-order valence-corrected chi connectivity index (χ2v) is 6.44. The minimum Gasteiger partial charge on any atom is -0.357 e. The van der Waals surface area contributed by atoms with E-state index in [0.717, 1.165) is 49.0 Å². The number of rotatable bonds is 5. The lowest BCUT2D eigenvalue weighted by atomic mass is 10.1. The second kappa shape index (κ2) is 7.98. The summed E-state index contributed by atoms with van der Waals surface area (Å²) in [7, 11) is 0. The van der Waals surface area contributed by atoms with E-state index in [2.05, 4.69) is 49.9 Å². The number of benzene rings is 1. The molecule has 2 N–H and O–H groups in total. The van der Waals surface area contributed by atoms with Gasteiger partial charge in [0.25, 0.3) is 0 Å². The number of nitrogens with one attached hydrogen (secondary N) is 2. The molecule has 0 bridgehead atoms. The van der Waals surface area contributed by atoms with Gasteiger partial charge in [-0.1, -0.05) is 12.1 Å². The van der Waals surface area contributed by atoms with E-state index in [0.29, 0.717) is 12.6 Å². The molecule has 27 heavy (non-hydrogen) atoms. The van der Waals surface area contributed by atoms with Crippen molar-refractivity contribution in [3.8, 4) is 5.69 Å². The minimum atomic E-state index is 0.290. The molecule has 3 aromatic rings. The molecule has 1 aliphatic heterocycles. The van der Waals surface area contributed by atoms with Crippen LogP contribution in [-0.2, 0) is 19.5 Å². The Morgan fingerprint density at radius 3 is 3.11 bits per heavy atom. The number of guanidine groups is 1. The average molecular weight is 365 g/mol. The van der Waals surface area contributed by atoms with Gasteiger partial charge in [-0.05, 0) is 31.0 Å². The predicted molar refractivity (Wildman–Crippen MR) is 101 cm³/mol. The first-order valence-corrected chi connectivity index (χ1v) is 9.17. The van der Waals surface area contributed by atoms with Crippen LogP contribution in [0.2, 0.25) is 0 Å². The van der Waals surface area contributed by atoms with Crippen molar-refractivity contribution < 1.29 is 0 Å². The van der Waals surface area contributed by atoms with Crippen molar-refractivity contribution in [3.63, 3.8) is 0 Å². The summed E-state index contributed by atoms with van der Waals surface area (Å²) in [4.78, 5) is 13.0. The van der Waals surface area contributed by atoms with E-state index in [1.165, 1.54) is 6.33 Å². The van der Waals surface area contributed by atoms with Gasteiger partial charge in [0.05, 0.1) is 18.8 Å². The molecule has 9 heteroatoms. The lowest BCUT2D eigenvalue weighted by Crippen LogP contribution is -2.47. The summed E-state index contributed by atoms with van der Waals surface area (Å²) >= 11 is 0. The molecule has 0 spiro atoms. The zero-order valence-electron chi connectivity index (χ0n) is 15.3. The molecule has 1 aromatic carbocycles. The Morgan fingerprint density at radius 2 is 2.26 bits per heavy atom. The smallest absolute Gasteiger partial charge is 0.191 e. The van der Waals surface area contributed by atoms with Crippen molar-refractivity contribution in [2.45, 2.75) is 38.9 Å². The van der Waals surface area contributed by atoms with Crippen LogP contribution in [0.4, 0.5) is 0 Å². The average Bonchev–Trinajstić information content (AvgIpc) is 3.38. The number of fused-ring (bicyclic) bond motifs is 1. The van der Waals surface area contributed by atoms with Gasteiger partial charge in [0.1, 0.15) is 24.8 Å². The molecule has 0 amide bonds. The van der Waals surface area contributed by atoms with Gasteiger partial charge in [0.2, 0.25) is 0 Å². The quantitative estimate of drug-likeness (QED) is 0.516. The van der Waals surface area contributed by atoms with Crippen molar-refractivity contribution in [2.24, 2.45) is 4.99 Å². The molecule has 1 unspecified atom stereocenters. The van der Waals surface area contributed by atoms with Crippen molar-refractivity contribution >= 4 is 5.96 Å². The summed E-state index contributed by atoms with van der Waals surface area (Å²) in [6.07, 6.45) is 6.79. The van der Waals surface area contributed by atoms with Crippen molar-refractivity contribution in [1.82, 2.24) is 40.2 Å². The fourth-order valence-electron chi connectivity index (χ4n) is 3.18. The monoisotopic (exact) mass is 365 g/mol. The largest absolute Gasteiger partial charge is 0.357 e. The third kappa shape index (κ3) is 4.13. The standard InChI is InChI=1S/C18H23N9/c1-2-20-18(25-15-6-7-17-22-12-24-26(17)10-15)21-9-14-4-3-5-16(8-14)27-13-19-11-23-27/h3-5,8,11-13,15H,2,6-7,9-10H2,1H3,(H2,20,21,25). The van der Waals surface area contributed by atoms with Crippen LogP contribution in [-0.4, -0.2) is 48.1 Å². The van der Waals surface area contributed by atoms with Crippen LogP contribution < -0.4 is 10.6 Å². The van der Waals surface area contributed by atoms with E-state index in [-0.39, 0.29) is 0 Å². The summed E-state index contributed by atoms with van der Waals surface area (Å²) in [6.45, 7) is 4.27. The number of aliphatic imine (C=N–C) groups is 1. The summed E-state index contributed by atoms with van der Waals surface area (Å²) in [5.74, 6) is 1.87. The number of hydrogen-bond donors (Lipinski definition) is 2. The topological polar surface area (TPSA) is 97.8 Å². The molecule has 1 aliphatic rings. The van der Waals surface area contributed by atoms with E-state index < -0.39 is 0 Å². The Bertz CT molecular complexity index is 897. The van der Waals surface area contributed by atoms with Gasteiger partial charge in [-0.3, -0.25) is 0 Å². The van der Waals surface area contributed by atoms with Crippen LogP contribution in [0.25, 0.3) is 5.69 Å². The molecular weight excluding hydrogens is 342 g/mol. The molecule has 0 fully saturated rings. The van der Waals surface area contributed by atoms with Crippen molar-refractivity contribution in [1.29, 1.82) is 0 Å². The molecule has 0 aliphatic carbocycles. The number of nitrogens with zero attached hydrogens (tertiary/aromatic N) is 7. The van der Waals surface area contributed by atoms with E-state index in [4.69, 9.17) is 4.99 Å². The second-order valence-electron chi connectivity index (χ2n) is 6.44. The molecule has 3 heterocycles. The van der Waals surface area contributed by atoms with Gasteiger partial charge in [0.15, 0.2) is 5.96 Å². The summed E-state index contributed by atoms with van der Waals surface area (Å²) < 4.78 is 3.71. The van der Waals surface area contributed by atoms with Crippen molar-refractivity contribution in [3.05, 3.63) is 54.6 Å². The van der Waals surface area contributed by atoms with E-state index >= 15 is 0 Å². The highest BCUT2D eigenvalue weighted by molar-refractivity contribution is 5.80. The summed E-state index contributed by atoms with van der Waals surface area (Å²) in [5.41, 5.74) is 2.09. The first-order chi connectivity index (χ1) is 13.3. The molecule has 2 aromatic heterocycles. The maximum Gasteiger partial charge on any atom is 0.191 e. The molecule has 0 radical (unpaired) electrons. The van der Waals surface area contributed by atoms with Crippen LogP contribution in [0.3, 0.4) is 0 Å². The third-order valence-corrected chi connectivity index (χ3v) is 4.50. The van der Waals surface area contributed by atoms with Crippen LogP contribution in [0.1, 0.15) is 24.7 Å². The lowest BCUT2D eigenvalue weighted by Gasteiger charge is -2.25. The molecule has 0 saturated heterocycles. The number of hydrogen-bond acceptors (Lipinski definition) is 5. The maximum atomic E-state index is 4.75. The van der Waals surface area contributed by atoms with E-state index in [9.17, 15) is 0 Å². The molecule has 4 rings (SSSR count). The van der Waals surface area contributed by atoms with Gasteiger partial charge in [-0.25, -0.2) is 24.3 Å². The van der Waals surface area contributed by atoms with Gasteiger partial charge in [-0.15, -0.1) is 0 Å². The predicted octanol–water partition coefficient (Wildman–Crippen LogP) is 0.929. The fraction of sp³-hybridized carbons (Fsp3) is 0.389. The minimum absolute atomic E-state index is 0.290. The van der Waals surface area contributed by atoms with Gasteiger partial charge < -0.3 is 10.6 Å². The number of aromatic nitrogens is 6. The van der Waals surface area contributed by atoms with Gasteiger partial charge in [0, 0.05) is 19.0 Å². The summed E-state index contributed by atoms with van der Waals surface area (Å²) in [5, 5.41) is 15.3. The van der Waals surface area contributed by atoms with Crippen LogP contribution in [0, 0.1) is 0 Å². The lowest BCUT2D eigenvalue weighted by molar-refractivity contribution is 0.392. The third-order valence-electron chi connectivity index (χ3n) is 4.50. The highest BCUT2D eigenvalue weighted by Crippen LogP contribution is 2.12. The molecular formula is C18H23N9. The molecule has 1 atom stereocenters. The Morgan fingerprint density at radius 1 is 1.30 bits per heavy atom. The first kappa shape index (κ1) is 17.2. The van der Waals surface area contributed by atoms with Crippen LogP contribution in [0.5, 0.6) is 0 Å². The fourth-order valence-corrected chi connectivity index (χ4v) is 3.18.